The van der Waals surface area contributed by atoms with E-state index in [2.05, 4.69) is 17.4 Å². The Hall–Kier alpha value is -3.75. The number of nitrogens with one attached hydrogen (secondary N) is 1. The van der Waals surface area contributed by atoms with E-state index >= 15 is 0 Å². The average Bonchev–Trinajstić information content (AvgIpc) is 2.93. The summed E-state index contributed by atoms with van der Waals surface area (Å²) >= 11 is 1.74. The van der Waals surface area contributed by atoms with Crippen LogP contribution in [0.25, 0.3) is 0 Å². The van der Waals surface area contributed by atoms with Crippen LogP contribution >= 0.6 is 11.8 Å². The average molecular weight is 533 g/mol. The van der Waals surface area contributed by atoms with Crippen LogP contribution in [0.4, 0.5) is 11.4 Å². The molecular formula is C29H28N2O4S2. The van der Waals surface area contributed by atoms with Gasteiger partial charge in [0.1, 0.15) is 12.3 Å². The molecule has 0 aliphatic rings. The van der Waals surface area contributed by atoms with Gasteiger partial charge in [0.15, 0.2) is 0 Å². The normalized spacial score (nSPS) is 11.1. The fraction of sp³-hybridized carbons (Fsp3) is 0.138. The predicted octanol–water partition coefficient (Wildman–Crippen LogP) is 6.13. The molecule has 0 atom stereocenters. The fourth-order valence-corrected chi connectivity index (χ4v) is 6.06. The van der Waals surface area contributed by atoms with Gasteiger partial charge in [-0.25, -0.2) is 8.42 Å². The van der Waals surface area contributed by atoms with Crippen LogP contribution < -0.4 is 14.4 Å². The van der Waals surface area contributed by atoms with Crippen molar-refractivity contribution in [3.8, 4) is 5.75 Å². The van der Waals surface area contributed by atoms with Crippen LogP contribution in [0.15, 0.2) is 113 Å². The van der Waals surface area contributed by atoms with E-state index < -0.39 is 22.5 Å². The summed E-state index contributed by atoms with van der Waals surface area (Å²) in [5.41, 5.74) is 3.01. The number of benzene rings is 4. The molecule has 0 aliphatic heterocycles. The van der Waals surface area contributed by atoms with Crippen LogP contribution in [0.5, 0.6) is 5.75 Å². The van der Waals surface area contributed by atoms with Crippen LogP contribution in [-0.4, -0.2) is 28.0 Å². The van der Waals surface area contributed by atoms with Crippen molar-refractivity contribution in [2.24, 2.45) is 0 Å². The molecule has 0 heterocycles. The van der Waals surface area contributed by atoms with Gasteiger partial charge in [-0.05, 0) is 60.5 Å². The number of hydrogen-bond acceptors (Lipinski definition) is 5. The highest BCUT2D eigenvalue weighted by atomic mass is 32.2. The zero-order valence-electron chi connectivity index (χ0n) is 20.6. The summed E-state index contributed by atoms with van der Waals surface area (Å²) in [5, 5.41) is 2.88. The third kappa shape index (κ3) is 6.72. The lowest BCUT2D eigenvalue weighted by atomic mass is 10.1. The van der Waals surface area contributed by atoms with E-state index in [9.17, 15) is 13.2 Å². The maximum Gasteiger partial charge on any atom is 0.264 e. The minimum absolute atomic E-state index is 0.0991. The molecule has 0 bridgehead atoms. The Morgan fingerprint density at radius 3 is 2.27 bits per heavy atom. The first-order valence-electron chi connectivity index (χ1n) is 11.7. The highest BCUT2D eigenvalue weighted by Gasteiger charge is 2.27. The number of anilines is 2. The van der Waals surface area contributed by atoms with Gasteiger partial charge in [-0.3, -0.25) is 9.10 Å². The third-order valence-corrected chi connectivity index (χ3v) is 8.54. The largest absolute Gasteiger partial charge is 0.497 e. The van der Waals surface area contributed by atoms with E-state index in [0.717, 1.165) is 21.2 Å². The minimum Gasteiger partial charge on any atom is -0.497 e. The summed E-state index contributed by atoms with van der Waals surface area (Å²) in [4.78, 5) is 14.4. The zero-order chi connectivity index (χ0) is 26.3. The summed E-state index contributed by atoms with van der Waals surface area (Å²) in [6.45, 7) is 1.53. The molecule has 1 amide bonds. The summed E-state index contributed by atoms with van der Waals surface area (Å²) in [7, 11) is -2.50. The first-order valence-corrected chi connectivity index (χ1v) is 14.1. The fourth-order valence-electron chi connectivity index (χ4n) is 3.76. The highest BCUT2D eigenvalue weighted by molar-refractivity contribution is 7.98. The SMILES string of the molecule is COc1cccc(N(CC(=O)Nc2ccc(CSc3ccccc3)cc2C)S(=O)(=O)c2ccccc2)c1. The zero-order valence-corrected chi connectivity index (χ0v) is 22.3. The quantitative estimate of drug-likeness (QED) is 0.249. The van der Waals surface area contributed by atoms with Crippen molar-refractivity contribution >= 4 is 39.1 Å². The van der Waals surface area contributed by atoms with Gasteiger partial charge in [-0.1, -0.05) is 54.6 Å². The van der Waals surface area contributed by atoms with Gasteiger partial charge in [-0.2, -0.15) is 0 Å². The van der Waals surface area contributed by atoms with Crippen molar-refractivity contribution in [2.75, 3.05) is 23.3 Å². The van der Waals surface area contributed by atoms with Crippen molar-refractivity contribution in [1.29, 1.82) is 0 Å². The number of hydrogen-bond donors (Lipinski definition) is 1. The molecule has 8 heteroatoms. The van der Waals surface area contributed by atoms with Crippen molar-refractivity contribution in [1.82, 2.24) is 0 Å². The first kappa shape index (κ1) is 26.3. The van der Waals surface area contributed by atoms with Gasteiger partial charge in [0.25, 0.3) is 10.0 Å². The third-order valence-electron chi connectivity index (χ3n) is 5.67. The Morgan fingerprint density at radius 2 is 1.59 bits per heavy atom. The number of carbonyl (C=O) groups is 1. The minimum atomic E-state index is -4.00. The smallest absolute Gasteiger partial charge is 0.264 e. The van der Waals surface area contributed by atoms with E-state index in [0.29, 0.717) is 17.1 Å². The molecule has 4 aromatic rings. The van der Waals surface area contributed by atoms with Crippen molar-refractivity contribution < 1.29 is 17.9 Å². The molecule has 0 saturated carbocycles. The summed E-state index contributed by atoms with van der Waals surface area (Å²) < 4.78 is 33.4. The number of aryl methyl sites for hydroxylation is 1. The van der Waals surface area contributed by atoms with Gasteiger partial charge in [-0.15, -0.1) is 11.8 Å². The number of methoxy groups -OCH3 is 1. The van der Waals surface area contributed by atoms with Crippen molar-refractivity contribution in [3.05, 3.63) is 114 Å². The Labute approximate surface area is 222 Å². The Bertz CT molecular complexity index is 1460. The van der Waals surface area contributed by atoms with E-state index in [4.69, 9.17) is 4.74 Å². The van der Waals surface area contributed by atoms with Crippen molar-refractivity contribution in [2.45, 2.75) is 22.5 Å². The maximum atomic E-state index is 13.5. The number of amides is 1. The van der Waals surface area contributed by atoms with E-state index in [1.54, 1.807) is 54.2 Å². The van der Waals surface area contributed by atoms with E-state index in [1.807, 2.05) is 43.3 Å². The van der Waals surface area contributed by atoms with Gasteiger partial charge in [0.05, 0.1) is 17.7 Å². The molecule has 0 aromatic heterocycles. The molecular weight excluding hydrogens is 504 g/mol. The molecule has 37 heavy (non-hydrogen) atoms. The van der Waals surface area contributed by atoms with Crippen LogP contribution in [0.2, 0.25) is 0 Å². The molecule has 4 rings (SSSR count). The first-order chi connectivity index (χ1) is 17.9. The monoisotopic (exact) mass is 532 g/mol. The molecule has 0 spiro atoms. The Morgan fingerprint density at radius 1 is 0.892 bits per heavy atom. The van der Waals surface area contributed by atoms with Gasteiger partial charge < -0.3 is 10.1 Å². The predicted molar refractivity (Wildman–Crippen MR) is 150 cm³/mol. The lowest BCUT2D eigenvalue weighted by Crippen LogP contribution is -2.38. The van der Waals surface area contributed by atoms with Crippen molar-refractivity contribution in [3.63, 3.8) is 0 Å². The summed E-state index contributed by atoms with van der Waals surface area (Å²) in [6, 6.07) is 30.7. The number of sulfonamides is 1. The number of thioether (sulfide) groups is 1. The number of rotatable bonds is 10. The summed E-state index contributed by atoms with van der Waals surface area (Å²) in [6.07, 6.45) is 0. The Kier molecular flexibility index (Phi) is 8.53. The lowest BCUT2D eigenvalue weighted by molar-refractivity contribution is -0.114. The van der Waals surface area contributed by atoms with Crippen LogP contribution in [0.1, 0.15) is 11.1 Å². The van der Waals surface area contributed by atoms with E-state index in [1.165, 1.54) is 24.1 Å². The summed E-state index contributed by atoms with van der Waals surface area (Å²) in [5.74, 6) is 0.848. The molecule has 0 radical (unpaired) electrons. The van der Waals surface area contributed by atoms with Gasteiger partial charge >= 0.3 is 0 Å². The molecule has 0 fully saturated rings. The van der Waals surface area contributed by atoms with Crippen LogP contribution in [0, 0.1) is 6.92 Å². The molecule has 0 aliphatic carbocycles. The number of ether oxygens (including phenoxy) is 1. The number of carbonyl (C=O) groups excluding carboxylic acids is 1. The molecule has 0 unspecified atom stereocenters. The number of nitrogens with zero attached hydrogens (tertiary/aromatic N) is 1. The molecule has 6 nitrogen and oxygen atoms in total. The lowest BCUT2D eigenvalue weighted by Gasteiger charge is -2.24. The Balaban J connectivity index is 1.52. The topological polar surface area (TPSA) is 75.7 Å². The second-order valence-corrected chi connectivity index (χ2v) is 11.2. The van der Waals surface area contributed by atoms with Crippen LogP contribution in [-0.2, 0) is 20.6 Å². The molecule has 1 N–H and O–H groups in total. The maximum absolute atomic E-state index is 13.5. The van der Waals surface area contributed by atoms with E-state index in [-0.39, 0.29) is 4.90 Å². The van der Waals surface area contributed by atoms with Crippen LogP contribution in [0.3, 0.4) is 0 Å². The standard InChI is InChI=1S/C29H28N2O4S2/c1-22-18-23(21-36-26-12-5-3-6-13-26)16-17-28(22)30-29(32)20-31(24-10-9-11-25(19-24)35-2)37(33,34)27-14-7-4-8-15-27/h3-19H,20-21H2,1-2H3,(H,30,32). The second-order valence-electron chi connectivity index (χ2n) is 8.33. The second kappa shape index (κ2) is 12.0. The van der Waals surface area contributed by atoms with Gasteiger partial charge in [0.2, 0.25) is 5.91 Å². The van der Waals surface area contributed by atoms with Gasteiger partial charge in [0, 0.05) is 22.4 Å². The molecule has 0 saturated heterocycles. The molecule has 4 aromatic carbocycles. The highest BCUT2D eigenvalue weighted by Crippen LogP contribution is 2.28. The molecule has 190 valence electrons.